The summed E-state index contributed by atoms with van der Waals surface area (Å²) < 4.78 is 2.01. The van der Waals surface area contributed by atoms with Gasteiger partial charge in [0.1, 0.15) is 0 Å². The van der Waals surface area contributed by atoms with E-state index in [1.54, 1.807) is 0 Å². The average Bonchev–Trinajstić information content (AvgIpc) is 3.13. The highest BCUT2D eigenvalue weighted by atomic mass is 35.5. The molecule has 3 aromatic rings. The van der Waals surface area contributed by atoms with Crippen molar-refractivity contribution in [3.8, 4) is 5.69 Å². The first-order valence-corrected chi connectivity index (χ1v) is 10.6. The highest BCUT2D eigenvalue weighted by Crippen LogP contribution is 2.20. The monoisotopic (exact) mass is 409 g/mol. The van der Waals surface area contributed by atoms with E-state index in [0.717, 1.165) is 67.9 Å². The van der Waals surface area contributed by atoms with Gasteiger partial charge in [0.25, 0.3) is 0 Å². The van der Waals surface area contributed by atoms with E-state index < -0.39 is 0 Å². The molecular weight excluding hydrogens is 382 g/mol. The number of hydrogen-bond donors (Lipinski definition) is 1. The number of anilines is 1. The zero-order valence-electron chi connectivity index (χ0n) is 16.9. The summed E-state index contributed by atoms with van der Waals surface area (Å²) >= 11 is 6.12. The third kappa shape index (κ3) is 5.18. The molecule has 0 unspecified atom stereocenters. The minimum Gasteiger partial charge on any atom is -0.369 e. The van der Waals surface area contributed by atoms with Crippen molar-refractivity contribution < 1.29 is 0 Å². The maximum Gasteiger partial charge on any atom is 0.0769 e. The van der Waals surface area contributed by atoms with E-state index >= 15 is 0 Å². The molecule has 2 aromatic carbocycles. The van der Waals surface area contributed by atoms with Crippen LogP contribution >= 0.6 is 11.6 Å². The Bertz CT molecular complexity index is 916. The molecule has 1 N–H and O–H groups in total. The van der Waals surface area contributed by atoms with Crippen molar-refractivity contribution in [3.05, 3.63) is 77.1 Å². The van der Waals surface area contributed by atoms with Gasteiger partial charge in [-0.2, -0.15) is 5.10 Å². The van der Waals surface area contributed by atoms with E-state index in [2.05, 4.69) is 52.4 Å². The van der Waals surface area contributed by atoms with Gasteiger partial charge in [0.05, 0.1) is 11.4 Å². The number of nitrogens with one attached hydrogen (secondary N) is 1. The molecule has 1 aromatic heterocycles. The fourth-order valence-electron chi connectivity index (χ4n) is 3.81. The zero-order chi connectivity index (χ0) is 20.1. The van der Waals surface area contributed by atoms with E-state index in [9.17, 15) is 0 Å². The van der Waals surface area contributed by atoms with E-state index in [-0.39, 0.29) is 0 Å². The molecule has 29 heavy (non-hydrogen) atoms. The van der Waals surface area contributed by atoms with Crippen LogP contribution in [-0.4, -0.2) is 53.9 Å². The summed E-state index contributed by atoms with van der Waals surface area (Å²) in [6, 6.07) is 20.6. The quantitative estimate of drug-likeness (QED) is 0.603. The van der Waals surface area contributed by atoms with Crippen LogP contribution in [0.15, 0.2) is 60.7 Å². The molecule has 1 fully saturated rings. The molecule has 4 rings (SSSR count). The van der Waals surface area contributed by atoms with Crippen LogP contribution < -0.4 is 10.2 Å². The number of rotatable bonds is 7. The molecule has 0 saturated carbocycles. The Morgan fingerprint density at radius 1 is 0.931 bits per heavy atom. The molecule has 2 heterocycles. The fraction of sp³-hybridized carbons (Fsp3) is 0.348. The second kappa shape index (κ2) is 9.44. The van der Waals surface area contributed by atoms with Gasteiger partial charge in [-0.05, 0) is 43.3 Å². The first kappa shape index (κ1) is 20.0. The molecule has 0 radical (unpaired) electrons. The van der Waals surface area contributed by atoms with Crippen LogP contribution in [0.5, 0.6) is 0 Å². The average molecular weight is 410 g/mol. The third-order valence-corrected chi connectivity index (χ3v) is 5.63. The Morgan fingerprint density at radius 2 is 1.69 bits per heavy atom. The van der Waals surface area contributed by atoms with Crippen LogP contribution in [0.25, 0.3) is 5.69 Å². The maximum atomic E-state index is 6.12. The van der Waals surface area contributed by atoms with Gasteiger partial charge in [0.2, 0.25) is 0 Å². The van der Waals surface area contributed by atoms with Crippen LogP contribution in [0.2, 0.25) is 5.02 Å². The Kier molecular flexibility index (Phi) is 6.49. The molecule has 0 atom stereocenters. The van der Waals surface area contributed by atoms with Gasteiger partial charge < -0.3 is 10.2 Å². The summed E-state index contributed by atoms with van der Waals surface area (Å²) in [6.07, 6.45) is 0. The van der Waals surface area contributed by atoms with Gasteiger partial charge in [-0.25, -0.2) is 4.68 Å². The Balaban J connectivity index is 1.20. The molecule has 1 saturated heterocycles. The predicted octanol–water partition coefficient (Wildman–Crippen LogP) is 3.75. The lowest BCUT2D eigenvalue weighted by Gasteiger charge is -2.36. The Morgan fingerprint density at radius 3 is 2.45 bits per heavy atom. The molecule has 152 valence electrons. The van der Waals surface area contributed by atoms with Gasteiger partial charge >= 0.3 is 0 Å². The molecule has 1 aliphatic heterocycles. The predicted molar refractivity (Wildman–Crippen MR) is 120 cm³/mol. The number of aromatic nitrogens is 2. The normalized spacial score (nSPS) is 15.0. The lowest BCUT2D eigenvalue weighted by atomic mass is 10.2. The number of hydrogen-bond acceptors (Lipinski definition) is 4. The zero-order valence-corrected chi connectivity index (χ0v) is 17.6. The van der Waals surface area contributed by atoms with Gasteiger partial charge in [-0.1, -0.05) is 35.9 Å². The highest BCUT2D eigenvalue weighted by molar-refractivity contribution is 6.30. The van der Waals surface area contributed by atoms with Gasteiger partial charge in [0.15, 0.2) is 0 Å². The summed E-state index contributed by atoms with van der Waals surface area (Å²) in [5, 5.41) is 9.09. The van der Waals surface area contributed by atoms with Crippen LogP contribution in [0.1, 0.15) is 11.4 Å². The van der Waals surface area contributed by atoms with Crippen LogP contribution in [-0.2, 0) is 6.54 Å². The molecule has 0 bridgehead atoms. The van der Waals surface area contributed by atoms with Crippen molar-refractivity contribution in [1.29, 1.82) is 0 Å². The summed E-state index contributed by atoms with van der Waals surface area (Å²) in [5.41, 5.74) is 4.57. The molecular formula is C23H28ClN5. The number of benzene rings is 2. The van der Waals surface area contributed by atoms with Crippen molar-refractivity contribution in [3.63, 3.8) is 0 Å². The molecule has 6 heteroatoms. The summed E-state index contributed by atoms with van der Waals surface area (Å²) in [5.74, 6) is 0. The van der Waals surface area contributed by atoms with Crippen molar-refractivity contribution >= 4 is 17.3 Å². The Labute approximate surface area is 177 Å². The number of para-hydroxylation sites is 1. The standard InChI is InChI=1S/C23H28ClN5/c1-19-16-21(26-29(19)22-7-3-2-4-8-22)18-25-10-11-27-12-14-28(15-13-27)23-9-5-6-20(24)17-23/h2-9,16-17,25H,10-15,18H2,1H3. The topological polar surface area (TPSA) is 36.3 Å². The fourth-order valence-corrected chi connectivity index (χ4v) is 4.00. The Hall–Kier alpha value is -2.34. The second-order valence-electron chi connectivity index (χ2n) is 7.51. The second-order valence-corrected chi connectivity index (χ2v) is 7.95. The van der Waals surface area contributed by atoms with Crippen molar-refractivity contribution in [2.75, 3.05) is 44.2 Å². The molecule has 5 nitrogen and oxygen atoms in total. The minimum atomic E-state index is 0.795. The summed E-state index contributed by atoms with van der Waals surface area (Å²) in [4.78, 5) is 4.93. The van der Waals surface area contributed by atoms with Crippen LogP contribution in [0, 0.1) is 6.92 Å². The lowest BCUT2D eigenvalue weighted by molar-refractivity contribution is 0.257. The SMILES string of the molecule is Cc1cc(CNCCN2CCN(c3cccc(Cl)c3)CC2)nn1-c1ccccc1. The smallest absolute Gasteiger partial charge is 0.0769 e. The number of piperazine rings is 1. The van der Waals surface area contributed by atoms with Crippen LogP contribution in [0.4, 0.5) is 5.69 Å². The minimum absolute atomic E-state index is 0.795. The van der Waals surface area contributed by atoms with Crippen molar-refractivity contribution in [2.24, 2.45) is 0 Å². The first-order valence-electron chi connectivity index (χ1n) is 10.2. The van der Waals surface area contributed by atoms with Crippen molar-refractivity contribution in [1.82, 2.24) is 20.0 Å². The van der Waals surface area contributed by atoms with E-state index in [1.165, 1.54) is 5.69 Å². The van der Waals surface area contributed by atoms with Gasteiger partial charge in [0, 0.05) is 62.2 Å². The van der Waals surface area contributed by atoms with Gasteiger partial charge in [-0.15, -0.1) is 0 Å². The highest BCUT2D eigenvalue weighted by Gasteiger charge is 2.17. The summed E-state index contributed by atoms with van der Waals surface area (Å²) in [7, 11) is 0. The molecule has 1 aliphatic rings. The van der Waals surface area contributed by atoms with Crippen molar-refractivity contribution in [2.45, 2.75) is 13.5 Å². The molecule has 0 spiro atoms. The van der Waals surface area contributed by atoms with Crippen LogP contribution in [0.3, 0.4) is 0 Å². The van der Waals surface area contributed by atoms with E-state index in [1.807, 2.05) is 35.0 Å². The maximum absolute atomic E-state index is 6.12. The molecule has 0 amide bonds. The third-order valence-electron chi connectivity index (χ3n) is 5.40. The lowest BCUT2D eigenvalue weighted by Crippen LogP contribution is -2.48. The summed E-state index contributed by atoms with van der Waals surface area (Å²) in [6.45, 7) is 9.16. The number of halogens is 1. The van der Waals surface area contributed by atoms with Gasteiger partial charge in [-0.3, -0.25) is 4.90 Å². The van der Waals surface area contributed by atoms with E-state index in [4.69, 9.17) is 16.7 Å². The van der Waals surface area contributed by atoms with E-state index in [0.29, 0.717) is 0 Å². The largest absolute Gasteiger partial charge is 0.369 e. The number of aryl methyl sites for hydroxylation is 1. The number of nitrogens with zero attached hydrogens (tertiary/aromatic N) is 4. The molecule has 0 aliphatic carbocycles. The first-order chi connectivity index (χ1) is 14.2.